The predicted molar refractivity (Wildman–Crippen MR) is 93.4 cm³/mol. The molecule has 1 heterocycles. The Bertz CT molecular complexity index is 700. The fourth-order valence-corrected chi connectivity index (χ4v) is 3.61. The van der Waals surface area contributed by atoms with Gasteiger partial charge in [-0.05, 0) is 38.3 Å². The molecule has 1 aromatic carbocycles. The van der Waals surface area contributed by atoms with Crippen molar-refractivity contribution < 1.29 is 27.8 Å². The molecule has 150 valence electrons. The van der Waals surface area contributed by atoms with E-state index in [2.05, 4.69) is 5.32 Å². The van der Waals surface area contributed by atoms with E-state index in [-0.39, 0.29) is 23.1 Å². The van der Waals surface area contributed by atoms with Crippen molar-refractivity contribution in [2.75, 3.05) is 19.6 Å². The summed E-state index contributed by atoms with van der Waals surface area (Å²) in [5.41, 5.74) is -0.105. The van der Waals surface area contributed by atoms with Gasteiger partial charge in [0.1, 0.15) is 5.60 Å². The molecule has 2 fully saturated rings. The second-order valence-corrected chi connectivity index (χ2v) is 8.35. The highest BCUT2D eigenvalue weighted by molar-refractivity contribution is 5.68. The molecule has 1 amide bonds. The van der Waals surface area contributed by atoms with Crippen molar-refractivity contribution in [3.05, 3.63) is 35.4 Å². The molecular formula is C19H25F3N2O3. The number of benzene rings is 1. The molecular weight excluding hydrogens is 361 g/mol. The Morgan fingerprint density at radius 2 is 1.93 bits per heavy atom. The average molecular weight is 386 g/mol. The summed E-state index contributed by atoms with van der Waals surface area (Å²) in [5.74, 6) is 0.111. The standard InChI is InChI=1S/C19H25F3N2O3/c1-17(2,3)27-16(26)24-9-8-23-18(11-24)10-14(18)12-4-6-13(7-5-12)15(25)19(20,21)22/h4-7,14-15,23,25H,8-11H2,1-3H3. The van der Waals surface area contributed by atoms with E-state index in [9.17, 15) is 23.1 Å². The molecule has 1 aliphatic carbocycles. The summed E-state index contributed by atoms with van der Waals surface area (Å²) in [7, 11) is 0. The highest BCUT2D eigenvalue weighted by Crippen LogP contribution is 2.53. The summed E-state index contributed by atoms with van der Waals surface area (Å²) in [4.78, 5) is 14.0. The van der Waals surface area contributed by atoms with Crippen LogP contribution in [0.4, 0.5) is 18.0 Å². The summed E-state index contributed by atoms with van der Waals surface area (Å²) in [6, 6.07) is 5.87. The number of hydrogen-bond acceptors (Lipinski definition) is 4. The number of halogens is 3. The van der Waals surface area contributed by atoms with E-state index in [1.165, 1.54) is 12.1 Å². The van der Waals surface area contributed by atoms with E-state index >= 15 is 0 Å². The van der Waals surface area contributed by atoms with Crippen molar-refractivity contribution in [2.24, 2.45) is 0 Å². The van der Waals surface area contributed by atoms with Crippen molar-refractivity contribution in [2.45, 2.75) is 56.5 Å². The number of hydrogen-bond donors (Lipinski definition) is 2. The summed E-state index contributed by atoms with van der Waals surface area (Å²) in [6.07, 6.45) is -6.71. The molecule has 8 heteroatoms. The Morgan fingerprint density at radius 3 is 2.48 bits per heavy atom. The van der Waals surface area contributed by atoms with Gasteiger partial charge >= 0.3 is 12.3 Å². The van der Waals surface area contributed by atoms with Gasteiger partial charge in [0.15, 0.2) is 6.10 Å². The fraction of sp³-hybridized carbons (Fsp3) is 0.632. The van der Waals surface area contributed by atoms with Crippen LogP contribution in [-0.2, 0) is 4.74 Å². The Hall–Kier alpha value is -1.80. The number of nitrogens with zero attached hydrogens (tertiary/aromatic N) is 1. The third-order valence-electron chi connectivity index (χ3n) is 5.02. The summed E-state index contributed by atoms with van der Waals surface area (Å²) in [5, 5.41) is 12.8. The molecule has 0 radical (unpaired) electrons. The minimum Gasteiger partial charge on any atom is -0.444 e. The van der Waals surface area contributed by atoms with Gasteiger partial charge in [0.2, 0.25) is 0 Å². The first kappa shape index (κ1) is 19.9. The molecule has 27 heavy (non-hydrogen) atoms. The molecule has 1 spiro atoms. The van der Waals surface area contributed by atoms with Crippen molar-refractivity contribution in [1.29, 1.82) is 0 Å². The minimum atomic E-state index is -4.68. The molecule has 0 bridgehead atoms. The number of piperazine rings is 1. The Balaban J connectivity index is 1.66. The van der Waals surface area contributed by atoms with Crippen molar-refractivity contribution in [1.82, 2.24) is 10.2 Å². The first-order chi connectivity index (χ1) is 12.4. The Morgan fingerprint density at radius 1 is 1.30 bits per heavy atom. The summed E-state index contributed by atoms with van der Waals surface area (Å²) < 4.78 is 43.3. The van der Waals surface area contributed by atoms with Crippen LogP contribution < -0.4 is 5.32 Å². The zero-order valence-corrected chi connectivity index (χ0v) is 15.6. The largest absolute Gasteiger partial charge is 0.444 e. The maximum atomic E-state index is 12.6. The number of alkyl halides is 3. The Kier molecular flexibility index (Phi) is 4.93. The average Bonchev–Trinajstić information content (AvgIpc) is 3.24. The summed E-state index contributed by atoms with van der Waals surface area (Å²) in [6.45, 7) is 7.15. The first-order valence-electron chi connectivity index (χ1n) is 8.99. The van der Waals surface area contributed by atoms with Crippen molar-refractivity contribution >= 4 is 6.09 Å². The third kappa shape index (κ3) is 4.38. The SMILES string of the molecule is CC(C)(C)OC(=O)N1CCNC2(CC2c2ccc(C(O)C(F)(F)F)cc2)C1. The quantitative estimate of drug-likeness (QED) is 0.818. The molecule has 1 saturated carbocycles. The van der Waals surface area contributed by atoms with Gasteiger partial charge in [0.25, 0.3) is 0 Å². The molecule has 1 aliphatic heterocycles. The second-order valence-electron chi connectivity index (χ2n) is 8.35. The van der Waals surface area contributed by atoms with Crippen LogP contribution in [0.2, 0.25) is 0 Å². The molecule has 2 aliphatic rings. The van der Waals surface area contributed by atoms with E-state index in [4.69, 9.17) is 4.74 Å². The maximum Gasteiger partial charge on any atom is 0.418 e. The minimum absolute atomic E-state index is 0.111. The Labute approximate surface area is 156 Å². The lowest BCUT2D eigenvalue weighted by molar-refractivity contribution is -0.206. The lowest BCUT2D eigenvalue weighted by atomic mass is 10.0. The van der Waals surface area contributed by atoms with Crippen LogP contribution in [0.1, 0.15) is 50.3 Å². The number of carbonyl (C=O) groups excluding carboxylic acids is 1. The number of rotatable bonds is 2. The van der Waals surface area contributed by atoms with Crippen LogP contribution in [0.5, 0.6) is 0 Å². The van der Waals surface area contributed by atoms with E-state index in [1.54, 1.807) is 17.0 Å². The molecule has 2 N–H and O–H groups in total. The second kappa shape index (κ2) is 6.67. The molecule has 1 aromatic rings. The van der Waals surface area contributed by atoms with Crippen LogP contribution in [0.25, 0.3) is 0 Å². The van der Waals surface area contributed by atoms with Crippen LogP contribution in [-0.4, -0.2) is 53.1 Å². The third-order valence-corrected chi connectivity index (χ3v) is 5.02. The van der Waals surface area contributed by atoms with E-state index in [0.29, 0.717) is 19.6 Å². The van der Waals surface area contributed by atoms with Crippen LogP contribution in [0, 0.1) is 0 Å². The molecule has 3 unspecified atom stereocenters. The van der Waals surface area contributed by atoms with E-state index in [1.807, 2.05) is 20.8 Å². The van der Waals surface area contributed by atoms with Gasteiger partial charge in [-0.1, -0.05) is 24.3 Å². The number of aliphatic hydroxyl groups is 1. The van der Waals surface area contributed by atoms with Gasteiger partial charge in [-0.25, -0.2) is 4.79 Å². The van der Waals surface area contributed by atoms with Gasteiger partial charge in [0.05, 0.1) is 0 Å². The normalized spacial score (nSPS) is 26.8. The topological polar surface area (TPSA) is 61.8 Å². The summed E-state index contributed by atoms with van der Waals surface area (Å²) >= 11 is 0. The monoisotopic (exact) mass is 386 g/mol. The highest BCUT2D eigenvalue weighted by atomic mass is 19.4. The van der Waals surface area contributed by atoms with Crippen LogP contribution in [0.3, 0.4) is 0 Å². The number of aliphatic hydroxyl groups excluding tert-OH is 1. The first-order valence-corrected chi connectivity index (χ1v) is 8.99. The lowest BCUT2D eigenvalue weighted by Crippen LogP contribution is -2.55. The lowest BCUT2D eigenvalue weighted by Gasteiger charge is -2.36. The predicted octanol–water partition coefficient (Wildman–Crippen LogP) is 3.35. The van der Waals surface area contributed by atoms with Crippen molar-refractivity contribution in [3.8, 4) is 0 Å². The van der Waals surface area contributed by atoms with Gasteiger partial charge in [-0.15, -0.1) is 0 Å². The number of amides is 1. The van der Waals surface area contributed by atoms with Crippen molar-refractivity contribution in [3.63, 3.8) is 0 Å². The molecule has 5 nitrogen and oxygen atoms in total. The van der Waals surface area contributed by atoms with Crippen LogP contribution >= 0.6 is 0 Å². The number of nitrogens with one attached hydrogen (secondary N) is 1. The van der Waals surface area contributed by atoms with Gasteiger partial charge in [-0.2, -0.15) is 13.2 Å². The van der Waals surface area contributed by atoms with Gasteiger partial charge < -0.3 is 20.1 Å². The van der Waals surface area contributed by atoms with Gasteiger partial charge in [0, 0.05) is 31.1 Å². The zero-order chi connectivity index (χ0) is 20.0. The number of ether oxygens (including phenoxy) is 1. The molecule has 3 atom stereocenters. The zero-order valence-electron chi connectivity index (χ0n) is 15.6. The maximum absolute atomic E-state index is 12.6. The van der Waals surface area contributed by atoms with Crippen LogP contribution in [0.15, 0.2) is 24.3 Å². The molecule has 1 saturated heterocycles. The van der Waals surface area contributed by atoms with Gasteiger partial charge in [-0.3, -0.25) is 0 Å². The molecule has 3 rings (SSSR count). The number of carbonyl (C=O) groups is 1. The van der Waals surface area contributed by atoms with E-state index in [0.717, 1.165) is 12.0 Å². The highest BCUT2D eigenvalue weighted by Gasteiger charge is 2.57. The molecule has 0 aromatic heterocycles. The smallest absolute Gasteiger partial charge is 0.418 e. The fourth-order valence-electron chi connectivity index (χ4n) is 3.61. The van der Waals surface area contributed by atoms with E-state index < -0.39 is 17.9 Å².